The minimum atomic E-state index is -0.893. The number of aromatic nitrogens is 2. The first kappa shape index (κ1) is 22.6. The molecule has 6 heteroatoms. The van der Waals surface area contributed by atoms with E-state index in [1.165, 1.54) is 0 Å². The molecule has 2 aromatic carbocycles. The standard InChI is InChI=1S/C14H15NO2.C12H11NO2/c1-2-17-14(16)13-9-6-10-15(13)11-12-7-4-3-5-8-12;14-12(15)11-7-4-8-13(11)9-10-5-2-1-3-6-10/h3-10H,2,11H2,1H3;1-8H,9H2,(H,14,15). The Bertz CT molecular complexity index is 1130. The van der Waals surface area contributed by atoms with Gasteiger partial charge in [-0.25, -0.2) is 9.59 Å². The third kappa shape index (κ3) is 6.22. The Labute approximate surface area is 187 Å². The van der Waals surface area contributed by atoms with E-state index in [0.29, 0.717) is 31.1 Å². The van der Waals surface area contributed by atoms with Crippen LogP contribution in [-0.2, 0) is 17.8 Å². The Morgan fingerprint density at radius 3 is 1.66 bits per heavy atom. The predicted molar refractivity (Wildman–Crippen MR) is 123 cm³/mol. The Balaban J connectivity index is 0.000000182. The minimum absolute atomic E-state index is 0.270. The van der Waals surface area contributed by atoms with E-state index in [9.17, 15) is 9.59 Å². The fourth-order valence-electron chi connectivity index (χ4n) is 3.25. The normalized spacial score (nSPS) is 10.2. The SMILES string of the molecule is CCOC(=O)c1cccn1Cc1ccccc1.O=C(O)c1cccn1Cc1ccccc1. The fourth-order valence-corrected chi connectivity index (χ4v) is 3.25. The monoisotopic (exact) mass is 430 g/mol. The summed E-state index contributed by atoms with van der Waals surface area (Å²) < 4.78 is 8.62. The maximum absolute atomic E-state index is 11.7. The highest BCUT2D eigenvalue weighted by molar-refractivity contribution is 5.87. The van der Waals surface area contributed by atoms with Crippen molar-refractivity contribution in [3.63, 3.8) is 0 Å². The van der Waals surface area contributed by atoms with Gasteiger partial charge in [0, 0.05) is 25.5 Å². The largest absolute Gasteiger partial charge is 0.477 e. The number of ether oxygens (including phenoxy) is 1. The van der Waals surface area contributed by atoms with Crippen molar-refractivity contribution < 1.29 is 19.4 Å². The molecule has 0 spiro atoms. The first-order chi connectivity index (χ1) is 15.6. The van der Waals surface area contributed by atoms with Crippen molar-refractivity contribution in [3.05, 3.63) is 120 Å². The molecular weight excluding hydrogens is 404 g/mol. The van der Waals surface area contributed by atoms with Crippen molar-refractivity contribution in [2.24, 2.45) is 0 Å². The van der Waals surface area contributed by atoms with E-state index in [1.54, 1.807) is 29.0 Å². The molecular formula is C26H26N2O4. The van der Waals surface area contributed by atoms with Gasteiger partial charge in [-0.1, -0.05) is 60.7 Å². The topological polar surface area (TPSA) is 73.5 Å². The van der Waals surface area contributed by atoms with Gasteiger partial charge in [-0.2, -0.15) is 0 Å². The third-order valence-electron chi connectivity index (χ3n) is 4.75. The molecule has 0 radical (unpaired) electrons. The second-order valence-electron chi connectivity index (χ2n) is 7.04. The van der Waals surface area contributed by atoms with Crippen LogP contribution in [-0.4, -0.2) is 32.8 Å². The molecule has 0 saturated carbocycles. The summed E-state index contributed by atoms with van der Waals surface area (Å²) in [7, 11) is 0. The van der Waals surface area contributed by atoms with Crippen molar-refractivity contribution in [3.8, 4) is 0 Å². The van der Waals surface area contributed by atoms with Crippen LogP contribution in [0.1, 0.15) is 39.0 Å². The Hall–Kier alpha value is -4.06. The first-order valence-corrected chi connectivity index (χ1v) is 10.4. The molecule has 2 heterocycles. The molecule has 6 nitrogen and oxygen atoms in total. The Morgan fingerprint density at radius 1 is 0.719 bits per heavy atom. The van der Waals surface area contributed by atoms with Gasteiger partial charge in [0.05, 0.1) is 6.61 Å². The summed E-state index contributed by atoms with van der Waals surface area (Å²) in [6.45, 7) is 3.48. The molecule has 32 heavy (non-hydrogen) atoms. The maximum atomic E-state index is 11.7. The van der Waals surface area contributed by atoms with Crippen LogP contribution in [0.5, 0.6) is 0 Å². The number of rotatable bonds is 7. The van der Waals surface area contributed by atoms with Crippen LogP contribution in [0.4, 0.5) is 0 Å². The van der Waals surface area contributed by atoms with Crippen LogP contribution in [0, 0.1) is 0 Å². The molecule has 2 aromatic heterocycles. The zero-order chi connectivity index (χ0) is 22.8. The minimum Gasteiger partial charge on any atom is -0.477 e. The number of nitrogens with zero attached hydrogens (tertiary/aromatic N) is 2. The highest BCUT2D eigenvalue weighted by Crippen LogP contribution is 2.09. The van der Waals surface area contributed by atoms with Crippen LogP contribution < -0.4 is 0 Å². The zero-order valence-electron chi connectivity index (χ0n) is 17.9. The van der Waals surface area contributed by atoms with Gasteiger partial charge >= 0.3 is 11.9 Å². The molecule has 0 aliphatic rings. The molecule has 4 rings (SSSR count). The van der Waals surface area contributed by atoms with Crippen LogP contribution in [0.2, 0.25) is 0 Å². The second kappa shape index (κ2) is 11.4. The molecule has 0 fully saturated rings. The average Bonchev–Trinajstić information content (AvgIpc) is 3.45. The molecule has 0 amide bonds. The number of carboxylic acid groups (broad SMARTS) is 1. The van der Waals surface area contributed by atoms with Crippen LogP contribution in [0.3, 0.4) is 0 Å². The summed E-state index contributed by atoms with van der Waals surface area (Å²) in [5.74, 6) is -1.16. The van der Waals surface area contributed by atoms with Gasteiger partial charge in [0.2, 0.25) is 0 Å². The lowest BCUT2D eigenvalue weighted by Gasteiger charge is -2.08. The van der Waals surface area contributed by atoms with E-state index < -0.39 is 5.97 Å². The smallest absolute Gasteiger partial charge is 0.354 e. The molecule has 0 saturated heterocycles. The number of carbonyl (C=O) groups excluding carboxylic acids is 1. The number of hydrogen-bond donors (Lipinski definition) is 1. The number of carboxylic acids is 1. The second-order valence-corrected chi connectivity index (χ2v) is 7.04. The number of esters is 1. The highest BCUT2D eigenvalue weighted by Gasteiger charge is 2.11. The van der Waals surface area contributed by atoms with Crippen LogP contribution >= 0.6 is 0 Å². The van der Waals surface area contributed by atoms with Gasteiger partial charge in [-0.15, -0.1) is 0 Å². The van der Waals surface area contributed by atoms with Gasteiger partial charge < -0.3 is 19.0 Å². The molecule has 0 aliphatic carbocycles. The molecule has 0 unspecified atom stereocenters. The van der Waals surface area contributed by atoms with Gasteiger partial charge in [0.15, 0.2) is 0 Å². The summed E-state index contributed by atoms with van der Waals surface area (Å²) in [5.41, 5.74) is 3.17. The average molecular weight is 431 g/mol. The number of carbonyl (C=O) groups is 2. The van der Waals surface area contributed by atoms with E-state index >= 15 is 0 Å². The summed E-state index contributed by atoms with van der Waals surface area (Å²) in [5, 5.41) is 8.91. The summed E-state index contributed by atoms with van der Waals surface area (Å²) in [6, 6.07) is 26.8. The number of hydrogen-bond acceptors (Lipinski definition) is 3. The van der Waals surface area contributed by atoms with Crippen LogP contribution in [0.15, 0.2) is 97.3 Å². The van der Waals surface area contributed by atoms with Gasteiger partial charge in [0.1, 0.15) is 11.4 Å². The van der Waals surface area contributed by atoms with Gasteiger partial charge in [0.25, 0.3) is 0 Å². The Kier molecular flexibility index (Phi) is 8.03. The first-order valence-electron chi connectivity index (χ1n) is 10.4. The van der Waals surface area contributed by atoms with Crippen molar-refractivity contribution >= 4 is 11.9 Å². The zero-order valence-corrected chi connectivity index (χ0v) is 17.9. The van der Waals surface area contributed by atoms with E-state index in [0.717, 1.165) is 11.1 Å². The predicted octanol–water partition coefficient (Wildman–Crippen LogP) is 4.95. The highest BCUT2D eigenvalue weighted by atomic mass is 16.5. The van der Waals surface area contributed by atoms with Crippen molar-refractivity contribution in [2.45, 2.75) is 20.0 Å². The third-order valence-corrected chi connectivity index (χ3v) is 4.75. The summed E-state index contributed by atoms with van der Waals surface area (Å²) in [4.78, 5) is 22.5. The Morgan fingerprint density at radius 2 is 1.19 bits per heavy atom. The van der Waals surface area contributed by atoms with E-state index in [1.807, 2.05) is 84.4 Å². The van der Waals surface area contributed by atoms with E-state index in [2.05, 4.69) is 0 Å². The molecule has 1 N–H and O–H groups in total. The molecule has 0 bridgehead atoms. The van der Waals surface area contributed by atoms with Gasteiger partial charge in [-0.3, -0.25) is 0 Å². The van der Waals surface area contributed by atoms with Gasteiger partial charge in [-0.05, 0) is 42.3 Å². The van der Waals surface area contributed by atoms with E-state index in [-0.39, 0.29) is 5.97 Å². The lowest BCUT2D eigenvalue weighted by atomic mass is 10.2. The van der Waals surface area contributed by atoms with E-state index in [4.69, 9.17) is 9.84 Å². The number of benzene rings is 2. The number of aromatic carboxylic acids is 1. The molecule has 164 valence electrons. The lowest BCUT2D eigenvalue weighted by molar-refractivity contribution is 0.0514. The molecule has 0 atom stereocenters. The summed E-state index contributed by atoms with van der Waals surface area (Å²) >= 11 is 0. The van der Waals surface area contributed by atoms with Crippen molar-refractivity contribution in [1.29, 1.82) is 0 Å². The quantitative estimate of drug-likeness (QED) is 0.421. The maximum Gasteiger partial charge on any atom is 0.354 e. The van der Waals surface area contributed by atoms with Crippen molar-refractivity contribution in [1.82, 2.24) is 9.13 Å². The van der Waals surface area contributed by atoms with Crippen LogP contribution in [0.25, 0.3) is 0 Å². The fraction of sp³-hybridized carbons (Fsp3) is 0.154. The summed E-state index contributed by atoms with van der Waals surface area (Å²) in [6.07, 6.45) is 3.66. The molecule has 4 aromatic rings. The lowest BCUT2D eigenvalue weighted by Crippen LogP contribution is -2.12. The van der Waals surface area contributed by atoms with Crippen molar-refractivity contribution in [2.75, 3.05) is 6.61 Å². The molecule has 0 aliphatic heterocycles.